The number of ether oxygens (including phenoxy) is 2. The van der Waals surface area contributed by atoms with E-state index in [0.717, 1.165) is 5.57 Å². The smallest absolute Gasteiger partial charge is 0.235 e. The van der Waals surface area contributed by atoms with Crippen LogP contribution in [0.15, 0.2) is 27.6 Å². The van der Waals surface area contributed by atoms with E-state index < -0.39 is 0 Å². The van der Waals surface area contributed by atoms with Gasteiger partial charge in [-0.1, -0.05) is 11.6 Å². The third-order valence-electron chi connectivity index (χ3n) is 4.66. The molecule has 1 aromatic rings. The van der Waals surface area contributed by atoms with Gasteiger partial charge in [0.05, 0.1) is 36.9 Å². The molecule has 2 N–H and O–H groups in total. The number of thioether (sulfide) groups is 1. The summed E-state index contributed by atoms with van der Waals surface area (Å²) in [5.41, 5.74) is 1.81. The van der Waals surface area contributed by atoms with Crippen molar-refractivity contribution in [2.24, 2.45) is 10.9 Å². The number of amidine groups is 1. The minimum atomic E-state index is -0.221. The molecular formula is C18H22ClN3O3S. The second kappa shape index (κ2) is 7.40. The third kappa shape index (κ3) is 3.38. The van der Waals surface area contributed by atoms with E-state index in [1.165, 1.54) is 4.91 Å². The van der Waals surface area contributed by atoms with Crippen LogP contribution in [0.4, 0.5) is 5.69 Å². The minimum Gasteiger partial charge on any atom is -0.495 e. The fourth-order valence-corrected chi connectivity index (χ4v) is 4.61. The Morgan fingerprint density at radius 2 is 1.96 bits per heavy atom. The number of allylic oxidation sites excluding steroid dienone is 1. The number of hydrogen-bond donors (Lipinski definition) is 2. The molecule has 3 rings (SSSR count). The number of amides is 1. The first-order chi connectivity index (χ1) is 12.3. The number of rotatable bonds is 5. The summed E-state index contributed by atoms with van der Waals surface area (Å²) in [6.45, 7) is 5.97. The number of nitrogens with zero attached hydrogens (tertiary/aromatic N) is 1. The Morgan fingerprint density at radius 1 is 1.27 bits per heavy atom. The molecule has 0 aromatic heterocycles. The van der Waals surface area contributed by atoms with E-state index in [-0.39, 0.29) is 23.2 Å². The van der Waals surface area contributed by atoms with Crippen molar-refractivity contribution in [1.82, 2.24) is 5.32 Å². The second-order valence-corrected chi connectivity index (χ2v) is 8.02. The summed E-state index contributed by atoms with van der Waals surface area (Å²) in [6, 6.07) is 3.24. The Kier molecular flexibility index (Phi) is 5.39. The van der Waals surface area contributed by atoms with Crippen molar-refractivity contribution >= 4 is 40.8 Å². The molecule has 0 aliphatic carbocycles. The number of methoxy groups -OCH3 is 2. The van der Waals surface area contributed by atoms with Gasteiger partial charge in [0.2, 0.25) is 5.91 Å². The number of nitrogens with one attached hydrogen (secondary N) is 2. The van der Waals surface area contributed by atoms with Crippen LogP contribution in [-0.2, 0) is 4.79 Å². The Bertz CT molecular complexity index is 809. The molecule has 1 amide bonds. The van der Waals surface area contributed by atoms with Crippen molar-refractivity contribution in [3.8, 4) is 11.5 Å². The summed E-state index contributed by atoms with van der Waals surface area (Å²) in [6.07, 6.45) is 0. The summed E-state index contributed by atoms with van der Waals surface area (Å²) >= 11 is 7.80. The zero-order chi connectivity index (χ0) is 19.0. The number of benzene rings is 1. The van der Waals surface area contributed by atoms with Gasteiger partial charge < -0.3 is 20.1 Å². The summed E-state index contributed by atoms with van der Waals surface area (Å²) in [5.74, 6) is 1.56. The van der Waals surface area contributed by atoms with E-state index >= 15 is 0 Å². The number of fused-ring (bicyclic) bond motifs is 1. The fourth-order valence-electron chi connectivity index (χ4n) is 3.07. The number of carbonyl (C=O) groups is 1. The molecule has 0 saturated carbocycles. The van der Waals surface area contributed by atoms with Gasteiger partial charge >= 0.3 is 0 Å². The van der Waals surface area contributed by atoms with Gasteiger partial charge in [0.15, 0.2) is 0 Å². The zero-order valence-corrected chi connectivity index (χ0v) is 16.9. The Labute approximate surface area is 162 Å². The summed E-state index contributed by atoms with van der Waals surface area (Å²) in [5, 5.41) is 6.64. The minimum absolute atomic E-state index is 0.00356. The average molecular weight is 396 g/mol. The number of aliphatic imine (C=N–C) groups is 1. The first kappa shape index (κ1) is 18.9. The standard InChI is InChI=1S/C18H22ClN3O3S/c1-8-10(3)26-18-15(8)17(23)21-16(22-18)9(2)20-12-7-13(24-4)11(19)6-14(12)25-5/h6-7,9,15,18,20H,1-5H3,(H,21,22,23)/t9-,15-,18-/m1/s1. The van der Waals surface area contributed by atoms with E-state index in [4.69, 9.17) is 26.1 Å². The van der Waals surface area contributed by atoms with E-state index in [1.807, 2.05) is 20.8 Å². The van der Waals surface area contributed by atoms with Gasteiger partial charge in [0, 0.05) is 12.1 Å². The lowest BCUT2D eigenvalue weighted by Crippen LogP contribution is -2.49. The average Bonchev–Trinajstić information content (AvgIpc) is 2.90. The highest BCUT2D eigenvalue weighted by Crippen LogP contribution is 2.44. The molecule has 0 spiro atoms. The predicted molar refractivity (Wildman–Crippen MR) is 106 cm³/mol. The molecule has 2 aliphatic heterocycles. The molecule has 0 saturated heterocycles. The monoisotopic (exact) mass is 395 g/mol. The topological polar surface area (TPSA) is 72.0 Å². The first-order valence-electron chi connectivity index (χ1n) is 8.26. The molecule has 8 heteroatoms. The lowest BCUT2D eigenvalue weighted by Gasteiger charge is -2.28. The summed E-state index contributed by atoms with van der Waals surface area (Å²) in [7, 11) is 3.13. The van der Waals surface area contributed by atoms with Crippen LogP contribution in [0.1, 0.15) is 20.8 Å². The maximum absolute atomic E-state index is 12.5. The van der Waals surface area contributed by atoms with Crippen LogP contribution >= 0.6 is 23.4 Å². The quantitative estimate of drug-likeness (QED) is 0.795. The van der Waals surface area contributed by atoms with Gasteiger partial charge in [-0.3, -0.25) is 9.79 Å². The predicted octanol–water partition coefficient (Wildman–Crippen LogP) is 3.67. The van der Waals surface area contributed by atoms with Crippen molar-refractivity contribution in [2.45, 2.75) is 32.2 Å². The summed E-state index contributed by atoms with van der Waals surface area (Å²) in [4.78, 5) is 18.5. The normalized spacial score (nSPS) is 23.2. The lowest BCUT2D eigenvalue weighted by molar-refractivity contribution is -0.122. The number of carbonyl (C=O) groups excluding carboxylic acids is 1. The van der Waals surface area contributed by atoms with E-state index in [1.54, 1.807) is 38.1 Å². The van der Waals surface area contributed by atoms with Crippen LogP contribution in [0.3, 0.4) is 0 Å². The van der Waals surface area contributed by atoms with Crippen molar-refractivity contribution in [3.05, 3.63) is 27.6 Å². The van der Waals surface area contributed by atoms with Crippen LogP contribution < -0.4 is 20.1 Å². The van der Waals surface area contributed by atoms with Crippen molar-refractivity contribution < 1.29 is 14.3 Å². The maximum atomic E-state index is 12.5. The van der Waals surface area contributed by atoms with E-state index in [2.05, 4.69) is 10.6 Å². The zero-order valence-electron chi connectivity index (χ0n) is 15.3. The highest BCUT2D eigenvalue weighted by Gasteiger charge is 2.41. The molecule has 0 unspecified atom stereocenters. The molecule has 26 heavy (non-hydrogen) atoms. The van der Waals surface area contributed by atoms with Gasteiger partial charge in [-0.2, -0.15) is 0 Å². The maximum Gasteiger partial charge on any atom is 0.235 e. The van der Waals surface area contributed by atoms with Crippen LogP contribution in [0.25, 0.3) is 0 Å². The van der Waals surface area contributed by atoms with E-state index in [0.29, 0.717) is 28.0 Å². The van der Waals surface area contributed by atoms with Crippen LogP contribution in [-0.4, -0.2) is 37.4 Å². The van der Waals surface area contributed by atoms with Crippen molar-refractivity contribution in [2.75, 3.05) is 19.5 Å². The van der Waals surface area contributed by atoms with Crippen LogP contribution in [0.5, 0.6) is 11.5 Å². The van der Waals surface area contributed by atoms with Crippen molar-refractivity contribution in [3.63, 3.8) is 0 Å². The largest absolute Gasteiger partial charge is 0.495 e. The molecule has 140 valence electrons. The molecular weight excluding hydrogens is 374 g/mol. The Balaban J connectivity index is 1.83. The van der Waals surface area contributed by atoms with Gasteiger partial charge in [0.1, 0.15) is 22.7 Å². The Hall–Kier alpha value is -1.86. The molecule has 0 fully saturated rings. The molecule has 1 aromatic carbocycles. The van der Waals surface area contributed by atoms with Crippen LogP contribution in [0.2, 0.25) is 5.02 Å². The molecule has 2 heterocycles. The Morgan fingerprint density at radius 3 is 2.62 bits per heavy atom. The van der Waals surface area contributed by atoms with Crippen molar-refractivity contribution in [1.29, 1.82) is 0 Å². The number of halogens is 1. The number of anilines is 1. The van der Waals surface area contributed by atoms with Gasteiger partial charge in [-0.15, -0.1) is 11.8 Å². The van der Waals surface area contributed by atoms with Crippen LogP contribution in [0, 0.1) is 5.92 Å². The summed E-state index contributed by atoms with van der Waals surface area (Å²) < 4.78 is 10.7. The molecule has 3 atom stereocenters. The second-order valence-electron chi connectivity index (χ2n) is 6.28. The SMILES string of the molecule is COc1cc(N[C@H](C)C2=N[C@@H]3SC(C)=C(C)[C@@H]3C(=O)N2)c(OC)cc1Cl. The molecule has 0 bridgehead atoms. The molecule has 6 nitrogen and oxygen atoms in total. The highest BCUT2D eigenvalue weighted by molar-refractivity contribution is 8.04. The van der Waals surface area contributed by atoms with Gasteiger partial charge in [-0.25, -0.2) is 0 Å². The molecule has 2 aliphatic rings. The van der Waals surface area contributed by atoms with E-state index in [9.17, 15) is 4.79 Å². The lowest BCUT2D eigenvalue weighted by atomic mass is 9.97. The third-order valence-corrected chi connectivity index (χ3v) is 6.25. The van der Waals surface area contributed by atoms with Gasteiger partial charge in [-0.05, 0) is 31.2 Å². The number of hydrogen-bond acceptors (Lipinski definition) is 6. The fraction of sp³-hybridized carbons (Fsp3) is 0.444. The first-order valence-corrected chi connectivity index (χ1v) is 9.52. The highest BCUT2D eigenvalue weighted by atomic mass is 35.5. The molecule has 0 radical (unpaired) electrons. The van der Waals surface area contributed by atoms with Gasteiger partial charge in [0.25, 0.3) is 0 Å².